The largest absolute Gasteiger partial charge is 0.456 e. The highest BCUT2D eigenvalue weighted by Crippen LogP contribution is 2.49. The molecule has 0 saturated heterocycles. The third-order valence-corrected chi connectivity index (χ3v) is 12.9. The zero-order valence-corrected chi connectivity index (χ0v) is 34.4. The molecule has 3 nitrogen and oxygen atoms in total. The van der Waals surface area contributed by atoms with E-state index >= 15 is 0 Å². The van der Waals surface area contributed by atoms with Crippen LogP contribution in [0.1, 0.15) is 25.0 Å². The van der Waals surface area contributed by atoms with Crippen molar-refractivity contribution in [1.82, 2.24) is 9.97 Å². The van der Waals surface area contributed by atoms with Gasteiger partial charge in [-0.25, -0.2) is 9.97 Å². The molecule has 292 valence electrons. The Hall–Kier alpha value is -7.88. The first-order chi connectivity index (χ1) is 30.4. The molecular weight excluding hydrogens is 753 g/mol. The lowest BCUT2D eigenvalue weighted by Crippen LogP contribution is -2.14. The summed E-state index contributed by atoms with van der Waals surface area (Å²) < 4.78 is 6.24. The fraction of sp³-hybridized carbons (Fsp3) is 0.0508. The van der Waals surface area contributed by atoms with Crippen molar-refractivity contribution in [2.45, 2.75) is 19.3 Å². The molecule has 0 aliphatic heterocycles. The third-order valence-electron chi connectivity index (χ3n) is 12.9. The smallest absolute Gasteiger partial charge is 0.160 e. The molecule has 0 amide bonds. The number of para-hydroxylation sites is 1. The van der Waals surface area contributed by atoms with Gasteiger partial charge >= 0.3 is 0 Å². The highest BCUT2D eigenvalue weighted by Gasteiger charge is 2.35. The summed E-state index contributed by atoms with van der Waals surface area (Å²) in [6, 6.07) is 73.9. The Bertz CT molecular complexity index is 3540. The molecule has 1 aliphatic rings. The van der Waals surface area contributed by atoms with E-state index in [4.69, 9.17) is 14.4 Å². The van der Waals surface area contributed by atoms with Gasteiger partial charge in [-0.05, 0) is 115 Å². The van der Waals surface area contributed by atoms with Crippen molar-refractivity contribution in [1.29, 1.82) is 0 Å². The van der Waals surface area contributed by atoms with E-state index < -0.39 is 0 Å². The number of hydrogen-bond acceptors (Lipinski definition) is 3. The topological polar surface area (TPSA) is 38.9 Å². The highest BCUT2D eigenvalue weighted by molar-refractivity contribution is 6.06. The van der Waals surface area contributed by atoms with Gasteiger partial charge in [0.05, 0.1) is 11.4 Å². The van der Waals surface area contributed by atoms with E-state index in [2.05, 4.69) is 190 Å². The van der Waals surface area contributed by atoms with E-state index in [1.807, 2.05) is 30.3 Å². The molecule has 1 aliphatic carbocycles. The summed E-state index contributed by atoms with van der Waals surface area (Å²) >= 11 is 0. The molecule has 2 heterocycles. The van der Waals surface area contributed by atoms with Gasteiger partial charge < -0.3 is 4.42 Å². The van der Waals surface area contributed by atoms with Gasteiger partial charge in [-0.15, -0.1) is 0 Å². The molecular formula is C59H40N2O. The summed E-state index contributed by atoms with van der Waals surface area (Å²) in [4.78, 5) is 10.5. The molecule has 0 saturated carbocycles. The third kappa shape index (κ3) is 5.96. The zero-order chi connectivity index (χ0) is 41.4. The number of benzene rings is 9. The van der Waals surface area contributed by atoms with Gasteiger partial charge in [-0.3, -0.25) is 0 Å². The standard InChI is InChI=1S/C59H40N2O/c1-59(2)52-21-10-8-18-48(52)49-29-27-42(35-53(49)59)37-23-25-39(26-24-37)54-36-55(61-58(60-54)40-14-4-3-5-15-40)45-32-43(31-44(33-45)47-20-12-16-38-13-6-7-17-46(38)47)41-28-30-57-51(34-41)50-19-9-11-22-56(50)62-57/h3-36H,1-2H3. The Morgan fingerprint density at radius 1 is 0.339 bits per heavy atom. The van der Waals surface area contributed by atoms with Crippen LogP contribution in [0.2, 0.25) is 0 Å². The van der Waals surface area contributed by atoms with E-state index in [-0.39, 0.29) is 5.41 Å². The molecule has 0 fully saturated rings. The monoisotopic (exact) mass is 792 g/mol. The van der Waals surface area contributed by atoms with E-state index in [9.17, 15) is 0 Å². The quantitative estimate of drug-likeness (QED) is 0.168. The summed E-state index contributed by atoms with van der Waals surface area (Å²) in [5, 5.41) is 4.62. The first-order valence-corrected chi connectivity index (χ1v) is 21.3. The van der Waals surface area contributed by atoms with Gasteiger partial charge in [0, 0.05) is 32.9 Å². The van der Waals surface area contributed by atoms with Gasteiger partial charge in [-0.1, -0.05) is 172 Å². The number of nitrogens with zero attached hydrogens (tertiary/aromatic N) is 2. The first kappa shape index (κ1) is 36.0. The zero-order valence-electron chi connectivity index (χ0n) is 34.4. The number of fused-ring (bicyclic) bond motifs is 7. The minimum absolute atomic E-state index is 0.0573. The van der Waals surface area contributed by atoms with Gasteiger partial charge in [-0.2, -0.15) is 0 Å². The summed E-state index contributed by atoms with van der Waals surface area (Å²) in [7, 11) is 0. The van der Waals surface area contributed by atoms with Crippen LogP contribution in [0, 0.1) is 0 Å². The van der Waals surface area contributed by atoms with Crippen molar-refractivity contribution >= 4 is 32.7 Å². The first-order valence-electron chi connectivity index (χ1n) is 21.3. The molecule has 0 unspecified atom stereocenters. The van der Waals surface area contributed by atoms with Gasteiger partial charge in [0.25, 0.3) is 0 Å². The van der Waals surface area contributed by atoms with Crippen molar-refractivity contribution in [3.8, 4) is 78.4 Å². The SMILES string of the molecule is CC1(C)c2ccccc2-c2ccc(-c3ccc(-c4cc(-c5cc(-c6ccc7oc8ccccc8c7c6)cc(-c6cccc7ccccc67)c5)nc(-c5ccccc5)n4)cc3)cc21. The van der Waals surface area contributed by atoms with Gasteiger partial charge in [0.15, 0.2) is 5.82 Å². The van der Waals surface area contributed by atoms with E-state index in [0.717, 1.165) is 66.7 Å². The molecule has 0 atom stereocenters. The molecule has 0 bridgehead atoms. The molecule has 2 aromatic heterocycles. The van der Waals surface area contributed by atoms with Crippen LogP contribution in [-0.4, -0.2) is 9.97 Å². The lowest BCUT2D eigenvalue weighted by molar-refractivity contribution is 0.660. The van der Waals surface area contributed by atoms with Crippen LogP contribution in [-0.2, 0) is 5.41 Å². The summed E-state index contributed by atoms with van der Waals surface area (Å²) in [5.41, 5.74) is 18.8. The predicted molar refractivity (Wildman–Crippen MR) is 257 cm³/mol. The number of hydrogen-bond donors (Lipinski definition) is 0. The Labute approximate surface area is 360 Å². The van der Waals surface area contributed by atoms with Crippen LogP contribution in [0.3, 0.4) is 0 Å². The predicted octanol–water partition coefficient (Wildman–Crippen LogP) is 15.8. The second kappa shape index (κ2) is 14.1. The summed E-state index contributed by atoms with van der Waals surface area (Å²) in [6.45, 7) is 4.67. The molecule has 12 rings (SSSR count). The lowest BCUT2D eigenvalue weighted by atomic mass is 9.81. The Balaban J connectivity index is 1.00. The Morgan fingerprint density at radius 3 is 1.81 bits per heavy atom. The van der Waals surface area contributed by atoms with Crippen molar-refractivity contribution in [2.75, 3.05) is 0 Å². The molecule has 3 heteroatoms. The maximum absolute atomic E-state index is 6.24. The average Bonchev–Trinajstić information content (AvgIpc) is 3.82. The molecule has 9 aromatic carbocycles. The normalized spacial score (nSPS) is 12.8. The van der Waals surface area contributed by atoms with Crippen LogP contribution in [0.15, 0.2) is 211 Å². The molecule has 0 spiro atoms. The van der Waals surface area contributed by atoms with Gasteiger partial charge in [0.2, 0.25) is 0 Å². The number of aromatic nitrogens is 2. The average molecular weight is 793 g/mol. The van der Waals surface area contributed by atoms with Crippen LogP contribution in [0.5, 0.6) is 0 Å². The molecule has 11 aromatic rings. The molecule has 0 N–H and O–H groups in total. The number of rotatable bonds is 6. The Morgan fingerprint density at radius 2 is 0.935 bits per heavy atom. The van der Waals surface area contributed by atoms with Crippen molar-refractivity contribution in [2.24, 2.45) is 0 Å². The molecule has 62 heavy (non-hydrogen) atoms. The number of furan rings is 1. The minimum Gasteiger partial charge on any atom is -0.456 e. The van der Waals surface area contributed by atoms with Crippen molar-refractivity contribution < 1.29 is 4.42 Å². The van der Waals surface area contributed by atoms with Crippen LogP contribution in [0.4, 0.5) is 0 Å². The Kier molecular flexibility index (Phi) is 8.20. The molecule has 0 radical (unpaired) electrons. The summed E-state index contributed by atoms with van der Waals surface area (Å²) in [5.74, 6) is 0.686. The fourth-order valence-electron chi connectivity index (χ4n) is 9.66. The second-order valence-corrected chi connectivity index (χ2v) is 17.0. The van der Waals surface area contributed by atoms with E-state index in [1.54, 1.807) is 0 Å². The van der Waals surface area contributed by atoms with Crippen molar-refractivity contribution in [3.63, 3.8) is 0 Å². The van der Waals surface area contributed by atoms with E-state index in [0.29, 0.717) is 5.82 Å². The van der Waals surface area contributed by atoms with Crippen LogP contribution < -0.4 is 0 Å². The summed E-state index contributed by atoms with van der Waals surface area (Å²) in [6.07, 6.45) is 0. The maximum atomic E-state index is 6.24. The van der Waals surface area contributed by atoms with Crippen LogP contribution >= 0.6 is 0 Å². The fourth-order valence-corrected chi connectivity index (χ4v) is 9.66. The second-order valence-electron chi connectivity index (χ2n) is 17.0. The van der Waals surface area contributed by atoms with Crippen molar-refractivity contribution in [3.05, 3.63) is 217 Å². The van der Waals surface area contributed by atoms with E-state index in [1.165, 1.54) is 49.7 Å². The maximum Gasteiger partial charge on any atom is 0.160 e. The highest BCUT2D eigenvalue weighted by atomic mass is 16.3. The lowest BCUT2D eigenvalue weighted by Gasteiger charge is -2.22. The minimum atomic E-state index is -0.0573. The van der Waals surface area contributed by atoms with Gasteiger partial charge in [0.1, 0.15) is 11.2 Å². The van der Waals surface area contributed by atoms with Crippen LogP contribution in [0.25, 0.3) is 111 Å².